The Kier molecular flexibility index (Phi) is 3.93. The summed E-state index contributed by atoms with van der Waals surface area (Å²) >= 11 is 0. The molecule has 1 saturated heterocycles. The zero-order valence-electron chi connectivity index (χ0n) is 9.90. The zero-order valence-corrected chi connectivity index (χ0v) is 9.90. The van der Waals surface area contributed by atoms with Crippen LogP contribution in [0.25, 0.3) is 0 Å². The first-order valence-corrected chi connectivity index (χ1v) is 5.79. The number of hydrogen-bond donors (Lipinski definition) is 2. The van der Waals surface area contributed by atoms with Gasteiger partial charge in [-0.25, -0.2) is 0 Å². The highest BCUT2D eigenvalue weighted by atomic mass is 16.5. The molecule has 5 nitrogen and oxygen atoms in total. The Bertz CT molecular complexity index is 389. The van der Waals surface area contributed by atoms with Crippen molar-refractivity contribution in [3.63, 3.8) is 0 Å². The fraction of sp³-hybridized carbons (Fsp3) is 0.500. The maximum atomic E-state index is 12.0. The third-order valence-electron chi connectivity index (χ3n) is 2.91. The molecular formula is C12H17N3O2. The summed E-state index contributed by atoms with van der Waals surface area (Å²) in [6, 6.07) is 1.71. The molecule has 0 spiro atoms. The first kappa shape index (κ1) is 11.9. The number of hydrogen-bond acceptors (Lipinski definition) is 4. The van der Waals surface area contributed by atoms with Crippen LogP contribution >= 0.6 is 0 Å². The van der Waals surface area contributed by atoms with Gasteiger partial charge in [-0.05, 0) is 12.5 Å². The van der Waals surface area contributed by atoms with Crippen LogP contribution in [-0.4, -0.2) is 37.7 Å². The molecule has 1 aromatic heterocycles. The summed E-state index contributed by atoms with van der Waals surface area (Å²) < 4.78 is 5.27. The normalized spacial score (nSPS) is 19.0. The van der Waals surface area contributed by atoms with Crippen LogP contribution in [0.4, 0.5) is 5.69 Å². The van der Waals surface area contributed by atoms with Gasteiger partial charge in [0.05, 0.1) is 24.1 Å². The van der Waals surface area contributed by atoms with Crippen LogP contribution in [-0.2, 0) is 4.74 Å². The molecule has 0 bridgehead atoms. The smallest absolute Gasteiger partial charge is 0.253 e. The highest BCUT2D eigenvalue weighted by Gasteiger charge is 2.17. The third kappa shape index (κ3) is 2.94. The minimum absolute atomic E-state index is 0.0661. The predicted molar refractivity (Wildman–Crippen MR) is 65.0 cm³/mol. The molecule has 1 unspecified atom stereocenters. The second kappa shape index (κ2) is 5.63. The third-order valence-corrected chi connectivity index (χ3v) is 2.91. The Labute approximate surface area is 101 Å². The number of anilines is 1. The number of nitrogens with zero attached hydrogens (tertiary/aromatic N) is 1. The Balaban J connectivity index is 1.94. The molecule has 2 rings (SSSR count). The van der Waals surface area contributed by atoms with Gasteiger partial charge in [-0.1, -0.05) is 0 Å². The van der Waals surface area contributed by atoms with Gasteiger partial charge in [0.25, 0.3) is 5.91 Å². The van der Waals surface area contributed by atoms with E-state index in [1.807, 2.05) is 0 Å². The number of ether oxygens (including phenoxy) is 1. The number of pyridine rings is 1. The monoisotopic (exact) mass is 235 g/mol. The summed E-state index contributed by atoms with van der Waals surface area (Å²) in [4.78, 5) is 15.9. The molecule has 0 aromatic carbocycles. The fourth-order valence-electron chi connectivity index (χ4n) is 1.87. The van der Waals surface area contributed by atoms with Crippen molar-refractivity contribution < 1.29 is 9.53 Å². The van der Waals surface area contributed by atoms with E-state index in [4.69, 9.17) is 4.74 Å². The summed E-state index contributed by atoms with van der Waals surface area (Å²) in [5, 5.41) is 5.89. The Morgan fingerprint density at radius 1 is 1.65 bits per heavy atom. The first-order chi connectivity index (χ1) is 8.31. The van der Waals surface area contributed by atoms with E-state index in [1.165, 1.54) is 0 Å². The lowest BCUT2D eigenvalue weighted by molar-refractivity contribution is 0.0945. The molecule has 0 aliphatic carbocycles. The van der Waals surface area contributed by atoms with Gasteiger partial charge >= 0.3 is 0 Å². The SMILES string of the molecule is CNc1cnccc1C(=O)NCC1CCOC1. The lowest BCUT2D eigenvalue weighted by Gasteiger charge is -2.11. The van der Waals surface area contributed by atoms with Crippen molar-refractivity contribution in [2.45, 2.75) is 6.42 Å². The van der Waals surface area contributed by atoms with E-state index < -0.39 is 0 Å². The van der Waals surface area contributed by atoms with E-state index in [9.17, 15) is 4.79 Å². The lowest BCUT2D eigenvalue weighted by Crippen LogP contribution is -2.30. The van der Waals surface area contributed by atoms with Crippen LogP contribution in [0.3, 0.4) is 0 Å². The number of carbonyl (C=O) groups is 1. The summed E-state index contributed by atoms with van der Waals surface area (Å²) in [5.41, 5.74) is 1.37. The van der Waals surface area contributed by atoms with Gasteiger partial charge in [0.2, 0.25) is 0 Å². The molecular weight excluding hydrogens is 218 g/mol. The lowest BCUT2D eigenvalue weighted by atomic mass is 10.1. The van der Waals surface area contributed by atoms with E-state index in [-0.39, 0.29) is 5.91 Å². The topological polar surface area (TPSA) is 63.2 Å². The maximum Gasteiger partial charge on any atom is 0.253 e. The van der Waals surface area contributed by atoms with Gasteiger partial charge in [-0.15, -0.1) is 0 Å². The highest BCUT2D eigenvalue weighted by Crippen LogP contribution is 2.14. The molecule has 2 heterocycles. The van der Waals surface area contributed by atoms with Crippen molar-refractivity contribution in [3.8, 4) is 0 Å². The van der Waals surface area contributed by atoms with E-state index in [1.54, 1.807) is 25.5 Å². The summed E-state index contributed by atoms with van der Waals surface area (Å²) in [7, 11) is 1.78. The Morgan fingerprint density at radius 2 is 2.53 bits per heavy atom. The number of carbonyl (C=O) groups excluding carboxylic acids is 1. The second-order valence-electron chi connectivity index (χ2n) is 4.11. The van der Waals surface area contributed by atoms with Crippen LogP contribution in [0, 0.1) is 5.92 Å². The van der Waals surface area contributed by atoms with Crippen molar-refractivity contribution in [1.82, 2.24) is 10.3 Å². The fourth-order valence-corrected chi connectivity index (χ4v) is 1.87. The van der Waals surface area contributed by atoms with Crippen LogP contribution < -0.4 is 10.6 Å². The summed E-state index contributed by atoms with van der Waals surface area (Å²) in [6.45, 7) is 2.22. The number of aromatic nitrogens is 1. The van der Waals surface area contributed by atoms with Gasteiger partial charge < -0.3 is 15.4 Å². The minimum atomic E-state index is -0.0661. The van der Waals surface area contributed by atoms with E-state index >= 15 is 0 Å². The molecule has 1 aliphatic heterocycles. The molecule has 5 heteroatoms. The standard InChI is InChI=1S/C12H17N3O2/c1-13-11-7-14-4-2-10(11)12(16)15-6-9-3-5-17-8-9/h2,4,7,9,13H,3,5-6,8H2,1H3,(H,15,16). The van der Waals surface area contributed by atoms with E-state index in [0.29, 0.717) is 18.0 Å². The molecule has 17 heavy (non-hydrogen) atoms. The predicted octanol–water partition coefficient (Wildman–Crippen LogP) is 0.890. The first-order valence-electron chi connectivity index (χ1n) is 5.79. The average molecular weight is 235 g/mol. The van der Waals surface area contributed by atoms with Crippen molar-refractivity contribution in [2.24, 2.45) is 5.92 Å². The van der Waals surface area contributed by atoms with E-state index in [0.717, 1.165) is 25.3 Å². The molecule has 1 atom stereocenters. The van der Waals surface area contributed by atoms with Gasteiger partial charge in [0, 0.05) is 32.3 Å². The molecule has 1 fully saturated rings. The molecule has 0 radical (unpaired) electrons. The summed E-state index contributed by atoms with van der Waals surface area (Å²) in [6.07, 6.45) is 4.29. The minimum Gasteiger partial charge on any atom is -0.386 e. The number of amides is 1. The molecule has 1 aromatic rings. The molecule has 92 valence electrons. The van der Waals surface area contributed by atoms with Gasteiger partial charge in [0.15, 0.2) is 0 Å². The Morgan fingerprint density at radius 3 is 3.24 bits per heavy atom. The van der Waals surface area contributed by atoms with E-state index in [2.05, 4.69) is 15.6 Å². The largest absolute Gasteiger partial charge is 0.386 e. The van der Waals surface area contributed by atoms with Crippen molar-refractivity contribution in [2.75, 3.05) is 32.1 Å². The molecule has 0 saturated carbocycles. The maximum absolute atomic E-state index is 12.0. The van der Waals surface area contributed by atoms with Gasteiger partial charge in [-0.3, -0.25) is 9.78 Å². The molecule has 1 aliphatic rings. The molecule has 2 N–H and O–H groups in total. The quantitative estimate of drug-likeness (QED) is 0.813. The number of rotatable bonds is 4. The zero-order chi connectivity index (χ0) is 12.1. The van der Waals surface area contributed by atoms with Crippen LogP contribution in [0.15, 0.2) is 18.5 Å². The van der Waals surface area contributed by atoms with Gasteiger partial charge in [0.1, 0.15) is 0 Å². The molecule has 1 amide bonds. The van der Waals surface area contributed by atoms with Crippen molar-refractivity contribution in [1.29, 1.82) is 0 Å². The second-order valence-corrected chi connectivity index (χ2v) is 4.11. The van der Waals surface area contributed by atoms with Crippen molar-refractivity contribution >= 4 is 11.6 Å². The average Bonchev–Trinajstić information content (AvgIpc) is 2.89. The van der Waals surface area contributed by atoms with Crippen LogP contribution in [0.2, 0.25) is 0 Å². The highest BCUT2D eigenvalue weighted by molar-refractivity contribution is 5.99. The van der Waals surface area contributed by atoms with Crippen molar-refractivity contribution in [3.05, 3.63) is 24.0 Å². The summed E-state index contributed by atoms with van der Waals surface area (Å²) in [5.74, 6) is 0.377. The van der Waals surface area contributed by atoms with Crippen LogP contribution in [0.5, 0.6) is 0 Å². The van der Waals surface area contributed by atoms with Crippen LogP contribution in [0.1, 0.15) is 16.8 Å². The number of nitrogens with one attached hydrogen (secondary N) is 2. The Hall–Kier alpha value is -1.62. The van der Waals surface area contributed by atoms with Gasteiger partial charge in [-0.2, -0.15) is 0 Å².